The Morgan fingerprint density at radius 2 is 0.976 bits per heavy atom. The van der Waals surface area contributed by atoms with Gasteiger partial charge in [-0.2, -0.15) is 0 Å². The quantitative estimate of drug-likeness (QED) is 0.209. The van der Waals surface area contributed by atoms with Gasteiger partial charge in [-0.15, -0.1) is 0 Å². The first kappa shape index (κ1) is 24.7. The van der Waals surface area contributed by atoms with E-state index in [0.29, 0.717) is 0 Å². The van der Waals surface area contributed by atoms with Gasteiger partial charge >= 0.3 is 0 Å². The maximum Gasteiger partial charge on any atom is 0.0582 e. The van der Waals surface area contributed by atoms with Crippen LogP contribution in [0.1, 0.15) is 76.3 Å². The number of fused-ring (bicyclic) bond motifs is 1. The zero-order chi connectivity index (χ0) is 28.5. The van der Waals surface area contributed by atoms with Crippen LogP contribution in [-0.2, 0) is 16.2 Å². The molecule has 2 aliphatic rings. The molecule has 0 unspecified atom stereocenters. The van der Waals surface area contributed by atoms with Gasteiger partial charge in [0.2, 0.25) is 0 Å². The normalized spacial score (nSPS) is 16.1. The summed E-state index contributed by atoms with van der Waals surface area (Å²) in [6.07, 6.45) is 0. The van der Waals surface area contributed by atoms with E-state index in [4.69, 9.17) is 0 Å². The number of hydrogen-bond acceptors (Lipinski definition) is 0. The second-order valence-electron chi connectivity index (χ2n) is 14.3. The van der Waals surface area contributed by atoms with Crippen LogP contribution in [0.2, 0.25) is 0 Å². The first-order valence-electron chi connectivity index (χ1n) is 15.0. The predicted molar refractivity (Wildman–Crippen MR) is 175 cm³/mol. The van der Waals surface area contributed by atoms with E-state index in [1.165, 1.54) is 77.6 Å². The summed E-state index contributed by atoms with van der Waals surface area (Å²) < 4.78 is 2.62. The molecule has 0 aliphatic carbocycles. The number of aromatic nitrogens is 1. The van der Waals surface area contributed by atoms with Gasteiger partial charge in [-0.25, -0.2) is 0 Å². The number of hydrogen-bond donors (Lipinski definition) is 0. The highest BCUT2D eigenvalue weighted by atomic mass is 15.0. The van der Waals surface area contributed by atoms with Crippen molar-refractivity contribution < 1.29 is 0 Å². The van der Waals surface area contributed by atoms with Crippen LogP contribution < -0.4 is 0 Å². The Hall–Kier alpha value is -4.10. The lowest BCUT2D eigenvalue weighted by molar-refractivity contribution is 0.590. The highest BCUT2D eigenvalue weighted by molar-refractivity contribution is 6.16. The smallest absolute Gasteiger partial charge is 0.0582 e. The van der Waals surface area contributed by atoms with Gasteiger partial charge in [0, 0.05) is 21.6 Å². The fourth-order valence-corrected chi connectivity index (χ4v) is 7.66. The topological polar surface area (TPSA) is 4.93 Å². The van der Waals surface area contributed by atoms with Gasteiger partial charge in [-0.1, -0.05) is 121 Å². The lowest BCUT2D eigenvalue weighted by Crippen LogP contribution is -2.33. The molecule has 5 aromatic carbocycles. The van der Waals surface area contributed by atoms with Crippen LogP contribution in [0.5, 0.6) is 0 Å². The lowest BCUT2D eigenvalue weighted by Gasteiger charge is -2.42. The molecule has 2 aliphatic heterocycles. The Labute approximate surface area is 243 Å². The summed E-state index contributed by atoms with van der Waals surface area (Å²) in [5, 5.41) is 2.72. The zero-order valence-electron chi connectivity index (χ0n) is 25.2. The summed E-state index contributed by atoms with van der Waals surface area (Å²) in [7, 11) is 0. The molecule has 1 heteroatoms. The molecule has 1 aromatic heterocycles. The predicted octanol–water partition coefficient (Wildman–Crippen LogP) is 10.7. The third kappa shape index (κ3) is 3.18. The number of para-hydroxylation sites is 1. The zero-order valence-corrected chi connectivity index (χ0v) is 25.2. The Morgan fingerprint density at radius 1 is 0.488 bits per heavy atom. The van der Waals surface area contributed by atoms with Crippen molar-refractivity contribution in [3.63, 3.8) is 0 Å². The number of benzene rings is 5. The van der Waals surface area contributed by atoms with Crippen molar-refractivity contribution in [2.45, 2.75) is 64.7 Å². The van der Waals surface area contributed by atoms with Gasteiger partial charge in [0.05, 0.1) is 16.7 Å². The average molecular weight is 532 g/mol. The SMILES string of the molecule is CC(C)(C)c1ccc(-c2cc3c4c(c2)c2cc(-c5ccccc5)cc5c2n4-c2c(cccc2C3(C)C)C5(C)C)cc1. The molecule has 0 spiro atoms. The summed E-state index contributed by atoms with van der Waals surface area (Å²) in [6.45, 7) is 16.5. The van der Waals surface area contributed by atoms with Crippen LogP contribution in [0.15, 0.2) is 97.1 Å². The number of nitrogens with zero attached hydrogens (tertiary/aromatic N) is 1. The van der Waals surface area contributed by atoms with Crippen LogP contribution in [0.3, 0.4) is 0 Å². The van der Waals surface area contributed by atoms with Crippen molar-refractivity contribution in [1.29, 1.82) is 0 Å². The van der Waals surface area contributed by atoms with E-state index in [1.54, 1.807) is 0 Å². The maximum absolute atomic E-state index is 2.62. The third-order valence-electron chi connectivity index (χ3n) is 10.1. The van der Waals surface area contributed by atoms with Gasteiger partial charge in [-0.3, -0.25) is 0 Å². The van der Waals surface area contributed by atoms with E-state index >= 15 is 0 Å². The molecule has 8 rings (SSSR count). The van der Waals surface area contributed by atoms with Crippen LogP contribution >= 0.6 is 0 Å². The van der Waals surface area contributed by atoms with Gasteiger partial charge in [0.15, 0.2) is 0 Å². The molecule has 41 heavy (non-hydrogen) atoms. The Morgan fingerprint density at radius 3 is 1.46 bits per heavy atom. The van der Waals surface area contributed by atoms with Crippen molar-refractivity contribution in [3.8, 4) is 27.9 Å². The van der Waals surface area contributed by atoms with E-state index in [1.807, 2.05) is 0 Å². The molecule has 0 atom stereocenters. The first-order valence-corrected chi connectivity index (χ1v) is 15.0. The van der Waals surface area contributed by atoms with Crippen LogP contribution in [-0.4, -0.2) is 4.57 Å². The largest absolute Gasteiger partial charge is 0.308 e. The molecule has 6 aromatic rings. The van der Waals surface area contributed by atoms with Crippen molar-refractivity contribution >= 4 is 21.8 Å². The Kier molecular flexibility index (Phi) is 4.69. The fraction of sp³-hybridized carbons (Fsp3) is 0.250. The Bertz CT molecular complexity index is 2040. The average Bonchev–Trinajstić information content (AvgIpc) is 3.29. The fourth-order valence-electron chi connectivity index (χ4n) is 7.66. The van der Waals surface area contributed by atoms with Crippen LogP contribution in [0, 0.1) is 0 Å². The molecule has 0 saturated carbocycles. The van der Waals surface area contributed by atoms with Crippen molar-refractivity contribution in [2.75, 3.05) is 0 Å². The molecule has 0 N–H and O–H groups in total. The maximum atomic E-state index is 2.62. The van der Waals surface area contributed by atoms with Gasteiger partial charge in [-0.05, 0) is 79.8 Å². The Balaban J connectivity index is 1.54. The molecule has 0 bridgehead atoms. The van der Waals surface area contributed by atoms with Crippen molar-refractivity contribution in [1.82, 2.24) is 4.57 Å². The van der Waals surface area contributed by atoms with Gasteiger partial charge in [0.1, 0.15) is 0 Å². The minimum atomic E-state index is -0.120. The summed E-state index contributed by atoms with van der Waals surface area (Å²) in [6, 6.07) is 37.0. The standard InChI is InChI=1S/C40H37N/c1-38(2,3)28-18-16-25(17-19-28)27-21-30-29-20-26(24-12-9-8-10-13-24)22-33-35(29)41-36(30)34(23-27)40(6,7)32-15-11-14-31(37(32)41)39(33,4)5/h8-23H,1-7H3. The van der Waals surface area contributed by atoms with Crippen molar-refractivity contribution in [3.05, 3.63) is 125 Å². The third-order valence-corrected chi connectivity index (χ3v) is 10.1. The highest BCUT2D eigenvalue weighted by Crippen LogP contribution is 2.56. The molecule has 0 fully saturated rings. The molecule has 3 heterocycles. The molecule has 202 valence electrons. The second kappa shape index (κ2) is 7.79. The molecule has 0 radical (unpaired) electrons. The van der Waals surface area contributed by atoms with E-state index in [-0.39, 0.29) is 16.2 Å². The van der Waals surface area contributed by atoms with Gasteiger partial charge < -0.3 is 4.57 Å². The molecular formula is C40H37N. The first-order chi connectivity index (χ1) is 19.5. The van der Waals surface area contributed by atoms with E-state index in [0.717, 1.165) is 0 Å². The van der Waals surface area contributed by atoms with Crippen LogP contribution in [0.4, 0.5) is 0 Å². The minimum Gasteiger partial charge on any atom is -0.308 e. The van der Waals surface area contributed by atoms with E-state index in [9.17, 15) is 0 Å². The summed E-state index contributed by atoms with van der Waals surface area (Å²) >= 11 is 0. The molecular weight excluding hydrogens is 494 g/mol. The highest BCUT2D eigenvalue weighted by Gasteiger charge is 2.43. The molecule has 0 amide bonds. The molecule has 0 saturated heterocycles. The monoisotopic (exact) mass is 531 g/mol. The molecule has 1 nitrogen and oxygen atoms in total. The minimum absolute atomic E-state index is 0.113. The van der Waals surface area contributed by atoms with Crippen LogP contribution in [0.25, 0.3) is 49.7 Å². The van der Waals surface area contributed by atoms with Crippen molar-refractivity contribution in [2.24, 2.45) is 0 Å². The number of rotatable bonds is 2. The van der Waals surface area contributed by atoms with E-state index < -0.39 is 0 Å². The van der Waals surface area contributed by atoms with E-state index in [2.05, 4.69) is 150 Å². The summed E-state index contributed by atoms with van der Waals surface area (Å²) in [5.74, 6) is 0. The van der Waals surface area contributed by atoms with Gasteiger partial charge in [0.25, 0.3) is 0 Å². The lowest BCUT2D eigenvalue weighted by atomic mass is 9.68. The summed E-state index contributed by atoms with van der Waals surface area (Å²) in [5.41, 5.74) is 16.2. The summed E-state index contributed by atoms with van der Waals surface area (Å²) in [4.78, 5) is 0. The second-order valence-corrected chi connectivity index (χ2v) is 14.3.